The van der Waals surface area contributed by atoms with Gasteiger partial charge in [-0.15, -0.1) is 0 Å². The molecule has 2 heterocycles. The number of carbonyl (C=O) groups is 1. The molecule has 5 heteroatoms. The number of aromatic nitrogens is 3. The van der Waals surface area contributed by atoms with Crippen molar-refractivity contribution < 1.29 is 4.79 Å². The van der Waals surface area contributed by atoms with Crippen molar-refractivity contribution in [3.63, 3.8) is 0 Å². The third kappa shape index (κ3) is 2.20. The maximum Gasteiger partial charge on any atom is 0.164 e. The number of hydrogen-bond donors (Lipinski definition) is 1. The van der Waals surface area contributed by atoms with Crippen LogP contribution in [0, 0.1) is 0 Å². The quantitative estimate of drug-likeness (QED) is 0.786. The van der Waals surface area contributed by atoms with E-state index in [0.29, 0.717) is 6.42 Å². The number of aryl methyl sites for hydroxylation is 1. The number of nitrogens with zero attached hydrogens (tertiary/aromatic N) is 3. The van der Waals surface area contributed by atoms with Crippen molar-refractivity contribution in [1.82, 2.24) is 14.5 Å². The Kier molecular flexibility index (Phi) is 2.82. The number of anilines is 2. The first kappa shape index (κ1) is 13.9. The number of pyridine rings is 1. The summed E-state index contributed by atoms with van der Waals surface area (Å²) in [6.07, 6.45) is 4.09. The van der Waals surface area contributed by atoms with Crippen molar-refractivity contribution in [3.8, 4) is 0 Å². The molecular weight excluding hydrogens is 288 g/mol. The monoisotopic (exact) mass is 306 g/mol. The van der Waals surface area contributed by atoms with Gasteiger partial charge in [0.1, 0.15) is 11.3 Å². The molecule has 1 aliphatic rings. The summed E-state index contributed by atoms with van der Waals surface area (Å²) in [4.78, 5) is 20.9. The number of hydrogen-bond acceptors (Lipinski definition) is 4. The molecule has 3 aromatic rings. The van der Waals surface area contributed by atoms with Gasteiger partial charge in [0.15, 0.2) is 5.78 Å². The van der Waals surface area contributed by atoms with Crippen LogP contribution in [0.2, 0.25) is 0 Å². The highest BCUT2D eigenvalue weighted by atomic mass is 16.1. The van der Waals surface area contributed by atoms with Crippen molar-refractivity contribution in [1.29, 1.82) is 0 Å². The molecule has 2 aromatic heterocycles. The zero-order chi connectivity index (χ0) is 16.2. The molecule has 5 nitrogen and oxygen atoms in total. The van der Waals surface area contributed by atoms with Crippen LogP contribution in [0.15, 0.2) is 36.8 Å². The number of fused-ring (bicyclic) bond motifs is 2. The molecule has 1 aliphatic carbocycles. The molecule has 0 unspecified atom stereocenters. The summed E-state index contributed by atoms with van der Waals surface area (Å²) in [5.74, 6) is 0.953. The Balaban J connectivity index is 1.70. The highest BCUT2D eigenvalue weighted by molar-refractivity contribution is 6.03. The van der Waals surface area contributed by atoms with Crippen LogP contribution in [-0.4, -0.2) is 20.3 Å². The fourth-order valence-electron chi connectivity index (χ4n) is 3.28. The van der Waals surface area contributed by atoms with Gasteiger partial charge in [0, 0.05) is 30.8 Å². The highest BCUT2D eigenvalue weighted by Gasteiger charge is 2.35. The summed E-state index contributed by atoms with van der Waals surface area (Å²) in [5.41, 5.74) is 4.63. The number of ketones is 1. The number of imidazole rings is 1. The lowest BCUT2D eigenvalue weighted by molar-refractivity contribution is 0.0979. The van der Waals surface area contributed by atoms with E-state index in [9.17, 15) is 4.79 Å². The SMILES string of the molecule is Cn1cnc2cnc(Nc3ccc4c(c3)C(=O)CC4(C)C)cc21. The fourth-order valence-corrected chi connectivity index (χ4v) is 3.28. The van der Waals surface area contributed by atoms with Crippen LogP contribution >= 0.6 is 0 Å². The summed E-state index contributed by atoms with van der Waals surface area (Å²) in [6.45, 7) is 4.23. The van der Waals surface area contributed by atoms with Crippen LogP contribution in [0.25, 0.3) is 11.0 Å². The molecule has 4 rings (SSSR count). The van der Waals surface area contributed by atoms with Gasteiger partial charge in [-0.3, -0.25) is 4.79 Å². The minimum atomic E-state index is -0.0726. The Morgan fingerprint density at radius 1 is 1.22 bits per heavy atom. The van der Waals surface area contributed by atoms with Crippen molar-refractivity contribution in [2.75, 3.05) is 5.32 Å². The van der Waals surface area contributed by atoms with Gasteiger partial charge >= 0.3 is 0 Å². The lowest BCUT2D eigenvalue weighted by Crippen LogP contribution is -2.12. The van der Waals surface area contributed by atoms with Crippen LogP contribution in [0.4, 0.5) is 11.5 Å². The maximum atomic E-state index is 12.2. The van der Waals surface area contributed by atoms with E-state index in [0.717, 1.165) is 33.7 Å². The first-order valence-corrected chi connectivity index (χ1v) is 7.66. The molecule has 0 radical (unpaired) electrons. The summed E-state index contributed by atoms with van der Waals surface area (Å²) >= 11 is 0. The molecule has 116 valence electrons. The third-order valence-corrected chi connectivity index (χ3v) is 4.54. The number of benzene rings is 1. The molecule has 1 aromatic carbocycles. The van der Waals surface area contributed by atoms with E-state index >= 15 is 0 Å². The largest absolute Gasteiger partial charge is 0.340 e. The molecule has 0 bridgehead atoms. The van der Waals surface area contributed by atoms with Gasteiger partial charge in [-0.25, -0.2) is 9.97 Å². The number of Topliss-reactive ketones (excluding diaryl/α,β-unsaturated/α-hetero) is 1. The minimum Gasteiger partial charge on any atom is -0.340 e. The van der Waals surface area contributed by atoms with E-state index in [-0.39, 0.29) is 11.2 Å². The molecule has 23 heavy (non-hydrogen) atoms. The normalized spacial score (nSPS) is 15.9. The summed E-state index contributed by atoms with van der Waals surface area (Å²) in [7, 11) is 1.95. The Bertz CT molecular complexity index is 939. The van der Waals surface area contributed by atoms with Crippen LogP contribution in [0.1, 0.15) is 36.2 Å². The van der Waals surface area contributed by atoms with E-state index in [1.165, 1.54) is 0 Å². The van der Waals surface area contributed by atoms with E-state index in [2.05, 4.69) is 29.1 Å². The average molecular weight is 306 g/mol. The zero-order valence-electron chi connectivity index (χ0n) is 13.4. The van der Waals surface area contributed by atoms with E-state index in [4.69, 9.17) is 0 Å². The van der Waals surface area contributed by atoms with Gasteiger partial charge in [-0.1, -0.05) is 19.9 Å². The standard InChI is InChI=1S/C18H18N4O/c1-18(2)8-16(23)12-6-11(4-5-13(12)18)21-17-7-15-14(9-19-17)20-10-22(15)3/h4-7,9-10H,8H2,1-3H3,(H,19,21). The molecular formula is C18H18N4O. The second-order valence-electron chi connectivity index (χ2n) is 6.78. The Labute approximate surface area is 134 Å². The summed E-state index contributed by atoms with van der Waals surface area (Å²) in [5, 5.41) is 3.29. The lowest BCUT2D eigenvalue weighted by Gasteiger charge is -2.17. The molecule has 0 amide bonds. The van der Waals surface area contributed by atoms with Crippen LogP contribution < -0.4 is 5.32 Å². The number of nitrogens with one attached hydrogen (secondary N) is 1. The first-order valence-electron chi connectivity index (χ1n) is 7.66. The van der Waals surface area contributed by atoms with E-state index in [1.807, 2.05) is 35.9 Å². The van der Waals surface area contributed by atoms with Crippen LogP contribution in [-0.2, 0) is 12.5 Å². The summed E-state index contributed by atoms with van der Waals surface area (Å²) in [6, 6.07) is 7.95. The molecule has 0 spiro atoms. The van der Waals surface area contributed by atoms with Crippen LogP contribution in [0.5, 0.6) is 0 Å². The predicted molar refractivity (Wildman–Crippen MR) is 90.2 cm³/mol. The minimum absolute atomic E-state index is 0.0726. The number of carbonyl (C=O) groups excluding carboxylic acids is 1. The molecule has 1 N–H and O–H groups in total. The fraction of sp³-hybridized carbons (Fsp3) is 0.278. The van der Waals surface area contributed by atoms with E-state index in [1.54, 1.807) is 12.5 Å². The molecule has 0 fully saturated rings. The van der Waals surface area contributed by atoms with Crippen molar-refractivity contribution in [2.24, 2.45) is 7.05 Å². The Hall–Kier alpha value is -2.69. The van der Waals surface area contributed by atoms with Gasteiger partial charge in [0.25, 0.3) is 0 Å². The smallest absolute Gasteiger partial charge is 0.164 e. The van der Waals surface area contributed by atoms with Gasteiger partial charge < -0.3 is 9.88 Å². The predicted octanol–water partition coefficient (Wildman–Crippen LogP) is 3.58. The third-order valence-electron chi connectivity index (χ3n) is 4.54. The lowest BCUT2D eigenvalue weighted by atomic mass is 9.86. The summed E-state index contributed by atoms with van der Waals surface area (Å²) < 4.78 is 1.96. The molecule has 0 saturated heterocycles. The molecule has 0 atom stereocenters. The second-order valence-corrected chi connectivity index (χ2v) is 6.78. The highest BCUT2D eigenvalue weighted by Crippen LogP contribution is 2.39. The second kappa shape index (κ2) is 4.65. The van der Waals surface area contributed by atoms with Crippen molar-refractivity contribution >= 4 is 28.3 Å². The molecule has 0 saturated carbocycles. The zero-order valence-corrected chi connectivity index (χ0v) is 13.4. The van der Waals surface area contributed by atoms with Gasteiger partial charge in [0.2, 0.25) is 0 Å². The van der Waals surface area contributed by atoms with Crippen LogP contribution in [0.3, 0.4) is 0 Å². The average Bonchev–Trinajstić information content (AvgIpc) is 2.98. The Morgan fingerprint density at radius 3 is 2.87 bits per heavy atom. The first-order chi connectivity index (χ1) is 10.9. The van der Waals surface area contributed by atoms with Gasteiger partial charge in [-0.05, 0) is 23.1 Å². The van der Waals surface area contributed by atoms with Crippen molar-refractivity contribution in [3.05, 3.63) is 47.9 Å². The maximum absolute atomic E-state index is 12.2. The number of rotatable bonds is 2. The van der Waals surface area contributed by atoms with Gasteiger partial charge in [-0.2, -0.15) is 0 Å². The topological polar surface area (TPSA) is 59.8 Å². The molecule has 0 aliphatic heterocycles. The van der Waals surface area contributed by atoms with E-state index < -0.39 is 0 Å². The van der Waals surface area contributed by atoms with Crippen molar-refractivity contribution in [2.45, 2.75) is 25.7 Å². The Morgan fingerprint density at radius 2 is 2.04 bits per heavy atom. The van der Waals surface area contributed by atoms with Gasteiger partial charge in [0.05, 0.1) is 18.0 Å².